The molecule has 0 aromatic heterocycles. The van der Waals surface area contributed by atoms with Crippen molar-refractivity contribution >= 4 is 49.3 Å². The highest BCUT2D eigenvalue weighted by molar-refractivity contribution is 7.49. The number of rotatable bonds is 80. The maximum Gasteiger partial charge on any atom is 0.475 e. The van der Waals surface area contributed by atoms with E-state index in [1.807, 2.05) is 97.1 Å². The molecule has 0 bridgehead atoms. The molecule has 0 saturated heterocycles. The lowest BCUT2D eigenvalue weighted by atomic mass is 9.84. The van der Waals surface area contributed by atoms with Gasteiger partial charge in [-0.25, -0.2) is 23.1 Å². The first-order valence-electron chi connectivity index (χ1n) is 53.0. The summed E-state index contributed by atoms with van der Waals surface area (Å²) in [4.78, 5) is 43.6. The minimum atomic E-state index is -5.70. The molecule has 1 saturated carbocycles. The summed E-state index contributed by atoms with van der Waals surface area (Å²) < 4.78 is 201. The lowest BCUT2D eigenvalue weighted by Gasteiger charge is -2.49. The van der Waals surface area contributed by atoms with E-state index in [-0.39, 0.29) is 65.6 Å². The molecule has 10 aromatic carbocycles. The first kappa shape index (κ1) is 120. The monoisotopic (exact) mass is 2130 g/mol. The molecule has 0 heterocycles. The van der Waals surface area contributed by atoms with Crippen molar-refractivity contribution in [2.24, 2.45) is 0 Å². The number of hydrogen-bond donors (Lipinski definition) is 1. The van der Waals surface area contributed by atoms with Crippen LogP contribution in [0.3, 0.4) is 0 Å². The number of esters is 2. The Morgan fingerprint density at radius 2 is 0.477 bits per heavy atom. The SMILES string of the molecule is CCCCCCCCCCCCCCCC(=O)O[C@H](COP(=O)(OCCNC(=O)OCc1ccccc1)OCc1ccccc1)[C@@H](COP(=O)(OCc1ccccc1)O[C@@H]1[C@H](OCOCc2ccccc2)[C@H](OCc2ccccc2)[C@@H](OP(=O)(OCc2ccccc2)OCc2ccccc2)[C@H](OP(=O)(OCc2ccccc2)OCc2ccccc2)[C@H]1OCOCc1ccccc1)OC(=O)CCCCCCCCCCCCCCC. The molecule has 10 atom stereocenters. The summed E-state index contributed by atoms with van der Waals surface area (Å²) in [6.45, 7) is -2.64. The van der Waals surface area contributed by atoms with Gasteiger partial charge in [-0.2, -0.15) is 0 Å². The van der Waals surface area contributed by atoms with Crippen molar-refractivity contribution in [3.8, 4) is 0 Å². The largest absolute Gasteiger partial charge is 0.475 e. The van der Waals surface area contributed by atoms with Crippen LogP contribution in [0.25, 0.3) is 0 Å². The van der Waals surface area contributed by atoms with Crippen LogP contribution < -0.4 is 5.32 Å². The van der Waals surface area contributed by atoms with Crippen LogP contribution in [0.1, 0.15) is 249 Å². The summed E-state index contributed by atoms with van der Waals surface area (Å²) in [7, 11) is -21.2. The normalized spacial score (nSPS) is 16.5. The Labute approximate surface area is 881 Å². The maximum absolute atomic E-state index is 17.8. The first-order chi connectivity index (χ1) is 73.0. The summed E-state index contributed by atoms with van der Waals surface area (Å²) >= 11 is 0. The fourth-order valence-corrected chi connectivity index (χ4v) is 21.9. The van der Waals surface area contributed by atoms with Crippen LogP contribution in [0, 0.1) is 0 Å². The molecule has 1 amide bonds. The number of amides is 1. The zero-order valence-corrected chi connectivity index (χ0v) is 90.0. The average Bonchev–Trinajstić information content (AvgIpc) is 0.743. The topological polar surface area (TPSA) is 316 Å². The van der Waals surface area contributed by atoms with E-state index in [4.69, 9.17) is 92.2 Å². The number of carbonyl (C=O) groups excluding carboxylic acids is 3. The van der Waals surface area contributed by atoms with Crippen molar-refractivity contribution in [2.75, 3.05) is 40.0 Å². The Hall–Kier alpha value is -9.35. The number of carbonyl (C=O) groups is 3. The van der Waals surface area contributed by atoms with E-state index in [1.54, 1.807) is 206 Å². The van der Waals surface area contributed by atoms with Gasteiger partial charge in [-0.05, 0) is 68.5 Å². The highest BCUT2D eigenvalue weighted by atomic mass is 31.2. The van der Waals surface area contributed by atoms with E-state index < -0.39 is 151 Å². The van der Waals surface area contributed by atoms with Crippen LogP contribution in [-0.4, -0.2) is 107 Å². The molecule has 2 unspecified atom stereocenters. The summed E-state index contributed by atoms with van der Waals surface area (Å²) in [5, 5.41) is 2.62. The van der Waals surface area contributed by atoms with E-state index in [0.29, 0.717) is 70.2 Å². The summed E-state index contributed by atoms with van der Waals surface area (Å²) in [6, 6.07) is 89.4. The third-order valence-electron chi connectivity index (χ3n) is 24.9. The fraction of sp³-hybridized carbons (Fsp3) is 0.462. The van der Waals surface area contributed by atoms with Gasteiger partial charge in [0.15, 0.2) is 12.2 Å². The van der Waals surface area contributed by atoms with E-state index in [2.05, 4.69) is 19.2 Å². The Kier molecular flexibility index (Phi) is 56.9. The van der Waals surface area contributed by atoms with Gasteiger partial charge in [0.05, 0.1) is 79.3 Å². The molecule has 11 rings (SSSR count). The molecule has 32 heteroatoms. The Balaban J connectivity index is 1.05. The van der Waals surface area contributed by atoms with Crippen LogP contribution >= 0.6 is 31.3 Å². The summed E-state index contributed by atoms with van der Waals surface area (Å²) in [5.74, 6) is -1.59. The van der Waals surface area contributed by atoms with Gasteiger partial charge in [0.1, 0.15) is 56.8 Å². The lowest BCUT2D eigenvalue weighted by molar-refractivity contribution is -0.276. The van der Waals surface area contributed by atoms with Gasteiger partial charge in [-0.3, -0.25) is 63.9 Å². The molecule has 0 aliphatic heterocycles. The fourth-order valence-electron chi connectivity index (χ4n) is 16.6. The van der Waals surface area contributed by atoms with Crippen LogP contribution in [0.15, 0.2) is 303 Å². The van der Waals surface area contributed by atoms with E-state index in [9.17, 15) is 4.79 Å². The third kappa shape index (κ3) is 48.2. The predicted molar refractivity (Wildman–Crippen MR) is 572 cm³/mol. The molecule has 1 N–H and O–H groups in total. The van der Waals surface area contributed by atoms with Crippen LogP contribution in [0.4, 0.5) is 4.79 Å². The molecule has 28 nitrogen and oxygen atoms in total. The minimum Gasteiger partial charge on any atom is -0.456 e. The number of hydrogen-bond acceptors (Lipinski definition) is 27. The molecular formula is C117H153NO27P4. The highest BCUT2D eigenvalue weighted by Crippen LogP contribution is 2.61. The second-order valence-corrected chi connectivity index (χ2v) is 43.5. The highest BCUT2D eigenvalue weighted by Gasteiger charge is 2.61. The van der Waals surface area contributed by atoms with Gasteiger partial charge in [0, 0.05) is 19.4 Å². The van der Waals surface area contributed by atoms with Crippen molar-refractivity contribution in [1.82, 2.24) is 5.32 Å². The zero-order valence-electron chi connectivity index (χ0n) is 86.4. The Morgan fingerprint density at radius 1 is 0.248 bits per heavy atom. The maximum atomic E-state index is 17.8. The van der Waals surface area contributed by atoms with Gasteiger partial charge in [0.25, 0.3) is 0 Å². The lowest BCUT2D eigenvalue weighted by Crippen LogP contribution is -2.67. The Bertz CT molecular complexity index is 5330. The number of unbranched alkanes of at least 4 members (excludes halogenated alkanes) is 24. The molecule has 10 aromatic rings. The van der Waals surface area contributed by atoms with E-state index in [0.717, 1.165) is 75.3 Å². The van der Waals surface area contributed by atoms with Crippen molar-refractivity contribution in [2.45, 2.75) is 309 Å². The summed E-state index contributed by atoms with van der Waals surface area (Å²) in [5.41, 5.74) is 5.86. The minimum absolute atomic E-state index is 0.0495. The average molecular weight is 2130 g/mol. The second kappa shape index (κ2) is 70.8. The van der Waals surface area contributed by atoms with Gasteiger partial charge in [0.2, 0.25) is 0 Å². The standard InChI is InChI=1S/C117H153NO27P4/c1-3-5-7-9-11-13-15-17-19-21-23-25-57-79-109(119)141-107(93-139-146(122,133-87-101-67-45-31-46-68-101)132-82-81-118-117(121)129-86-100-65-43-30-44-66-100)108(142-110(120)80-58-26-24-22-20-18-16-14-12-10-8-6-4-2)94-140-149(125,138-92-106-77-55-36-56-78-106)143-114-112(130-95-126-83-97-59-37-27-38-60-97)111(128-85-99-63-41-29-42-64-99)115(144-147(123,134-88-102-69-47-32-48-70-102)135-89-103-71-49-33-50-72-103)116(113(114)131-96-127-84-98-61-39-28-40-62-98)145-148(124,136-90-104-73-51-34-52-74-104)137-91-105-75-53-35-54-76-105/h27-56,59-78,107-108,111-116H,3-26,57-58,79-96H2,1-2H3,(H,118,121)/t107-,108-,111+,112-,113+,114-,115-,116-,146?,149?/m1/s1. The van der Waals surface area contributed by atoms with Gasteiger partial charge in [-0.15, -0.1) is 0 Å². The third-order valence-corrected chi connectivity index (χ3v) is 30.5. The van der Waals surface area contributed by atoms with Crippen molar-refractivity contribution in [1.29, 1.82) is 0 Å². The smallest absolute Gasteiger partial charge is 0.456 e. The number of alkyl carbamates (subject to hydrolysis) is 1. The van der Waals surface area contributed by atoms with Crippen molar-refractivity contribution in [3.63, 3.8) is 0 Å². The van der Waals surface area contributed by atoms with Gasteiger partial charge in [-0.1, -0.05) is 471 Å². The van der Waals surface area contributed by atoms with Gasteiger partial charge >= 0.3 is 49.3 Å². The van der Waals surface area contributed by atoms with Crippen LogP contribution in [0.2, 0.25) is 0 Å². The second-order valence-electron chi connectivity index (χ2n) is 36.9. The molecule has 1 aliphatic rings. The Morgan fingerprint density at radius 3 is 0.772 bits per heavy atom. The zero-order chi connectivity index (χ0) is 104. The van der Waals surface area contributed by atoms with Crippen molar-refractivity contribution < 1.29 is 125 Å². The number of nitrogens with one attached hydrogen (secondary N) is 1. The van der Waals surface area contributed by atoms with Gasteiger partial charge < -0.3 is 43.2 Å². The molecule has 1 aliphatic carbocycles. The number of phosphoric acid groups is 4. The van der Waals surface area contributed by atoms with Crippen LogP contribution in [-0.2, 0) is 186 Å². The first-order valence-corrected chi connectivity index (χ1v) is 58.8. The number of ether oxygens (including phenoxy) is 8. The molecule has 149 heavy (non-hydrogen) atoms. The molecule has 1 fully saturated rings. The quantitative estimate of drug-likeness (QED) is 0.0122. The van der Waals surface area contributed by atoms with Crippen LogP contribution in [0.5, 0.6) is 0 Å². The molecular weight excluding hydrogens is 1980 g/mol. The molecule has 0 radical (unpaired) electrons. The molecule has 0 spiro atoms. The number of phosphoric ester groups is 4. The summed E-state index contributed by atoms with van der Waals surface area (Å²) in [6.07, 6.45) is 9.92. The van der Waals surface area contributed by atoms with E-state index >= 15 is 27.8 Å². The van der Waals surface area contributed by atoms with Crippen molar-refractivity contribution in [3.05, 3.63) is 359 Å². The van der Waals surface area contributed by atoms with E-state index in [1.165, 1.54) is 77.0 Å². The number of benzene rings is 10. The predicted octanol–water partition coefficient (Wildman–Crippen LogP) is 29.4. The molecule has 808 valence electrons.